The Morgan fingerprint density at radius 1 is 1.05 bits per heavy atom. The van der Waals surface area contributed by atoms with Crippen LogP contribution in [0.5, 0.6) is 17.2 Å². The molecule has 21 heavy (non-hydrogen) atoms. The van der Waals surface area contributed by atoms with E-state index >= 15 is 0 Å². The van der Waals surface area contributed by atoms with Crippen molar-refractivity contribution in [2.24, 2.45) is 11.1 Å². The molecular formula is C15H23NO5. The predicted octanol–water partition coefficient (Wildman–Crippen LogP) is 1.91. The highest BCUT2D eigenvalue weighted by atomic mass is 16.5. The lowest BCUT2D eigenvalue weighted by atomic mass is 9.81. The second-order valence-corrected chi connectivity index (χ2v) is 5.15. The SMILES string of the molecule is COC(=O)C(C)(C)[C@@H](N)c1cc(OC)c(OC)c(OC)c1. The Labute approximate surface area is 125 Å². The fourth-order valence-corrected chi connectivity index (χ4v) is 2.09. The van der Waals surface area contributed by atoms with Crippen molar-refractivity contribution in [3.8, 4) is 17.2 Å². The number of nitrogens with two attached hydrogens (primary N) is 1. The molecule has 0 heterocycles. The third-order valence-electron chi connectivity index (χ3n) is 3.54. The number of carbonyl (C=O) groups excluding carboxylic acids is 1. The highest BCUT2D eigenvalue weighted by molar-refractivity contribution is 5.77. The summed E-state index contributed by atoms with van der Waals surface area (Å²) in [5, 5.41) is 0. The largest absolute Gasteiger partial charge is 0.493 e. The molecule has 0 aromatic heterocycles. The van der Waals surface area contributed by atoms with E-state index in [9.17, 15) is 4.79 Å². The lowest BCUT2D eigenvalue weighted by Crippen LogP contribution is -2.37. The molecule has 0 aliphatic carbocycles. The molecule has 1 atom stereocenters. The molecule has 0 aliphatic heterocycles. The number of esters is 1. The first-order valence-electron chi connectivity index (χ1n) is 6.47. The van der Waals surface area contributed by atoms with Gasteiger partial charge in [-0.3, -0.25) is 4.79 Å². The summed E-state index contributed by atoms with van der Waals surface area (Å²) in [7, 11) is 5.92. The summed E-state index contributed by atoms with van der Waals surface area (Å²) in [5.74, 6) is 1.07. The van der Waals surface area contributed by atoms with Gasteiger partial charge in [0.25, 0.3) is 0 Å². The quantitative estimate of drug-likeness (QED) is 0.808. The van der Waals surface area contributed by atoms with E-state index in [2.05, 4.69) is 0 Å². The van der Waals surface area contributed by atoms with Crippen molar-refractivity contribution < 1.29 is 23.7 Å². The van der Waals surface area contributed by atoms with Gasteiger partial charge in [-0.1, -0.05) is 0 Å². The molecule has 0 saturated carbocycles. The summed E-state index contributed by atoms with van der Waals surface area (Å²) in [6.45, 7) is 3.46. The number of ether oxygens (including phenoxy) is 4. The average molecular weight is 297 g/mol. The molecule has 0 unspecified atom stereocenters. The summed E-state index contributed by atoms with van der Waals surface area (Å²) < 4.78 is 20.7. The summed E-state index contributed by atoms with van der Waals surface area (Å²) in [6, 6.07) is 2.88. The first kappa shape index (κ1) is 17.1. The maximum Gasteiger partial charge on any atom is 0.313 e. The van der Waals surface area contributed by atoms with Gasteiger partial charge in [0.15, 0.2) is 11.5 Å². The van der Waals surface area contributed by atoms with Gasteiger partial charge in [-0.25, -0.2) is 0 Å². The Kier molecular flexibility index (Phi) is 5.43. The molecule has 1 aromatic rings. The van der Waals surface area contributed by atoms with Crippen LogP contribution in [0.1, 0.15) is 25.5 Å². The van der Waals surface area contributed by atoms with Gasteiger partial charge in [0.05, 0.1) is 33.9 Å². The maximum atomic E-state index is 11.9. The number of rotatable bonds is 6. The Balaban J connectivity index is 3.34. The molecular weight excluding hydrogens is 274 g/mol. The summed E-state index contributed by atoms with van der Waals surface area (Å²) in [6.07, 6.45) is 0. The van der Waals surface area contributed by atoms with E-state index in [1.165, 1.54) is 28.4 Å². The van der Waals surface area contributed by atoms with Crippen LogP contribution in [0.4, 0.5) is 0 Å². The van der Waals surface area contributed by atoms with Crippen LogP contribution in [0, 0.1) is 5.41 Å². The zero-order valence-electron chi connectivity index (χ0n) is 13.4. The zero-order valence-corrected chi connectivity index (χ0v) is 13.4. The molecule has 118 valence electrons. The highest BCUT2D eigenvalue weighted by Gasteiger charge is 2.37. The Bertz CT molecular complexity index is 488. The van der Waals surface area contributed by atoms with Gasteiger partial charge < -0.3 is 24.7 Å². The summed E-state index contributed by atoms with van der Waals surface area (Å²) >= 11 is 0. The van der Waals surface area contributed by atoms with Crippen LogP contribution in [0.2, 0.25) is 0 Å². The predicted molar refractivity (Wildman–Crippen MR) is 78.8 cm³/mol. The first-order valence-corrected chi connectivity index (χ1v) is 6.47. The van der Waals surface area contributed by atoms with Gasteiger partial charge in [0.1, 0.15) is 0 Å². The lowest BCUT2D eigenvalue weighted by molar-refractivity contribution is -0.152. The van der Waals surface area contributed by atoms with Gasteiger partial charge in [-0.05, 0) is 31.5 Å². The van der Waals surface area contributed by atoms with E-state index in [1.54, 1.807) is 26.0 Å². The molecule has 0 radical (unpaired) electrons. The minimum Gasteiger partial charge on any atom is -0.493 e. The van der Waals surface area contributed by atoms with Crippen LogP contribution in [-0.2, 0) is 9.53 Å². The van der Waals surface area contributed by atoms with Gasteiger partial charge in [0, 0.05) is 6.04 Å². The van der Waals surface area contributed by atoms with E-state index < -0.39 is 11.5 Å². The normalized spacial score (nSPS) is 12.5. The number of methoxy groups -OCH3 is 4. The van der Waals surface area contributed by atoms with E-state index in [0.29, 0.717) is 22.8 Å². The summed E-state index contributed by atoms with van der Waals surface area (Å²) in [4.78, 5) is 11.9. The summed E-state index contributed by atoms with van der Waals surface area (Å²) in [5.41, 5.74) is 6.04. The second kappa shape index (κ2) is 6.67. The van der Waals surface area contributed by atoms with Crippen LogP contribution in [-0.4, -0.2) is 34.4 Å². The van der Waals surface area contributed by atoms with Crippen molar-refractivity contribution in [2.75, 3.05) is 28.4 Å². The maximum absolute atomic E-state index is 11.9. The van der Waals surface area contributed by atoms with Crippen molar-refractivity contribution in [3.05, 3.63) is 17.7 Å². The lowest BCUT2D eigenvalue weighted by Gasteiger charge is -2.29. The molecule has 2 N–H and O–H groups in total. The van der Waals surface area contributed by atoms with E-state index in [4.69, 9.17) is 24.7 Å². The average Bonchev–Trinajstić information content (AvgIpc) is 2.51. The molecule has 6 nitrogen and oxygen atoms in total. The van der Waals surface area contributed by atoms with Crippen LogP contribution < -0.4 is 19.9 Å². The first-order chi connectivity index (χ1) is 9.83. The molecule has 6 heteroatoms. The van der Waals surface area contributed by atoms with Crippen molar-refractivity contribution in [1.29, 1.82) is 0 Å². The third-order valence-corrected chi connectivity index (χ3v) is 3.54. The van der Waals surface area contributed by atoms with E-state index in [1.807, 2.05) is 0 Å². The highest BCUT2D eigenvalue weighted by Crippen LogP contribution is 2.42. The smallest absolute Gasteiger partial charge is 0.313 e. The molecule has 0 aliphatic rings. The monoisotopic (exact) mass is 297 g/mol. The van der Waals surface area contributed by atoms with Crippen molar-refractivity contribution >= 4 is 5.97 Å². The van der Waals surface area contributed by atoms with Crippen LogP contribution in [0.25, 0.3) is 0 Å². The third kappa shape index (κ3) is 3.21. The minimum absolute atomic E-state index is 0.385. The van der Waals surface area contributed by atoms with Crippen LogP contribution in [0.3, 0.4) is 0 Å². The molecule has 0 fully saturated rings. The second-order valence-electron chi connectivity index (χ2n) is 5.15. The van der Waals surface area contributed by atoms with Gasteiger partial charge in [-0.2, -0.15) is 0 Å². The van der Waals surface area contributed by atoms with Crippen molar-refractivity contribution in [2.45, 2.75) is 19.9 Å². The molecule has 1 aromatic carbocycles. The Hall–Kier alpha value is -1.95. The fourth-order valence-electron chi connectivity index (χ4n) is 2.09. The van der Waals surface area contributed by atoms with Crippen molar-refractivity contribution in [1.82, 2.24) is 0 Å². The molecule has 0 spiro atoms. The van der Waals surface area contributed by atoms with Crippen LogP contribution >= 0.6 is 0 Å². The van der Waals surface area contributed by atoms with Crippen LogP contribution in [0.15, 0.2) is 12.1 Å². The Morgan fingerprint density at radius 3 is 1.86 bits per heavy atom. The topological polar surface area (TPSA) is 80.0 Å². The number of hydrogen-bond donors (Lipinski definition) is 1. The van der Waals surface area contributed by atoms with Crippen molar-refractivity contribution in [3.63, 3.8) is 0 Å². The van der Waals surface area contributed by atoms with E-state index in [-0.39, 0.29) is 5.97 Å². The Morgan fingerprint density at radius 2 is 1.52 bits per heavy atom. The molecule has 0 saturated heterocycles. The van der Waals surface area contributed by atoms with Gasteiger partial charge in [0.2, 0.25) is 5.75 Å². The number of hydrogen-bond acceptors (Lipinski definition) is 6. The van der Waals surface area contributed by atoms with Gasteiger partial charge >= 0.3 is 5.97 Å². The van der Waals surface area contributed by atoms with Gasteiger partial charge in [-0.15, -0.1) is 0 Å². The standard InChI is InChI=1S/C15H23NO5/c1-15(2,14(17)21-6)13(16)9-7-10(18-3)12(20-5)11(8-9)19-4/h7-8,13H,16H2,1-6H3/t13-/m0/s1. The number of benzene rings is 1. The fraction of sp³-hybridized carbons (Fsp3) is 0.533. The molecule has 0 amide bonds. The molecule has 1 rings (SSSR count). The minimum atomic E-state index is -0.890. The molecule has 0 bridgehead atoms. The number of carbonyl (C=O) groups is 1. The zero-order chi connectivity index (χ0) is 16.2. The van der Waals surface area contributed by atoms with E-state index in [0.717, 1.165) is 0 Å².